The first-order chi connectivity index (χ1) is 7.71. The number of amidine groups is 1. The van der Waals surface area contributed by atoms with Crippen LogP contribution in [0.3, 0.4) is 0 Å². The number of thioether (sulfide) groups is 1. The molecule has 1 rings (SSSR count). The molecule has 0 unspecified atom stereocenters. The molecule has 0 heterocycles. The Morgan fingerprint density at radius 3 is 2.75 bits per heavy atom. The fourth-order valence-corrected chi connectivity index (χ4v) is 1.45. The van der Waals surface area contributed by atoms with Crippen LogP contribution in [-0.4, -0.2) is 11.4 Å². The predicted octanol–water partition coefficient (Wildman–Crippen LogP) is 2.29. The number of aliphatic imine (C=N–C) groups is 1. The zero-order valence-corrected chi connectivity index (χ0v) is 9.80. The monoisotopic (exact) mass is 230 g/mol. The molecule has 0 bridgehead atoms. The maximum Gasteiger partial charge on any atom is 0.183 e. The maximum absolute atomic E-state index is 8.91. The Balaban J connectivity index is 3.18. The number of hydrogen-bond acceptors (Lipinski definition) is 4. The molecule has 0 fully saturated rings. The van der Waals surface area contributed by atoms with Gasteiger partial charge in [0.25, 0.3) is 0 Å². The topological polar surface area (TPSA) is 72.0 Å². The van der Waals surface area contributed by atoms with Crippen molar-refractivity contribution in [3.63, 3.8) is 0 Å². The minimum Gasteiger partial charge on any atom is -0.271 e. The summed E-state index contributed by atoms with van der Waals surface area (Å²) >= 11 is 1.32. The first-order valence-corrected chi connectivity index (χ1v) is 5.72. The van der Waals surface area contributed by atoms with E-state index in [0.29, 0.717) is 16.4 Å². The summed E-state index contributed by atoms with van der Waals surface area (Å²) in [6.07, 6.45) is 3.62. The second kappa shape index (κ2) is 5.79. The Labute approximate surface area is 98.6 Å². The van der Waals surface area contributed by atoms with Gasteiger partial charge in [0.05, 0.1) is 11.3 Å². The largest absolute Gasteiger partial charge is 0.271 e. The summed E-state index contributed by atoms with van der Waals surface area (Å²) in [5, 5.41) is 20.4. The number of nitrogens with one attached hydrogen (secondary N) is 1. The molecule has 0 amide bonds. The third-order valence-corrected chi connectivity index (χ3v) is 2.43. The molecular weight excluding hydrogens is 220 g/mol. The molecule has 80 valence electrons. The van der Waals surface area contributed by atoms with Gasteiger partial charge in [-0.25, -0.2) is 4.99 Å². The van der Waals surface area contributed by atoms with Gasteiger partial charge in [0, 0.05) is 0 Å². The molecule has 5 heteroatoms. The highest BCUT2D eigenvalue weighted by Gasteiger charge is 2.03. The lowest BCUT2D eigenvalue weighted by Crippen LogP contribution is -2.12. The van der Waals surface area contributed by atoms with Crippen molar-refractivity contribution in [2.75, 3.05) is 6.26 Å². The Morgan fingerprint density at radius 2 is 2.19 bits per heavy atom. The van der Waals surface area contributed by atoms with Gasteiger partial charge in [0.1, 0.15) is 6.07 Å². The van der Waals surface area contributed by atoms with E-state index in [2.05, 4.69) is 16.4 Å². The summed E-state index contributed by atoms with van der Waals surface area (Å²) in [5.74, 6) is 0. The van der Waals surface area contributed by atoms with E-state index in [-0.39, 0.29) is 0 Å². The van der Waals surface area contributed by atoms with E-state index in [1.165, 1.54) is 11.8 Å². The molecule has 0 radical (unpaired) electrons. The highest BCUT2D eigenvalue weighted by molar-refractivity contribution is 8.13. The summed E-state index contributed by atoms with van der Waals surface area (Å²) in [7, 11) is 0. The molecule has 0 aliphatic heterocycles. The average molecular weight is 230 g/mol. The number of hydrogen-bond donors (Lipinski definition) is 1. The van der Waals surface area contributed by atoms with Gasteiger partial charge in [-0.2, -0.15) is 10.5 Å². The zero-order valence-electron chi connectivity index (χ0n) is 8.98. The fourth-order valence-electron chi connectivity index (χ4n) is 1.11. The van der Waals surface area contributed by atoms with Crippen molar-refractivity contribution in [3.05, 3.63) is 29.3 Å². The Bertz CT molecular complexity index is 494. The van der Waals surface area contributed by atoms with Gasteiger partial charge in [0.15, 0.2) is 11.4 Å². The molecule has 0 spiro atoms. The molecule has 4 nitrogen and oxygen atoms in total. The molecule has 0 saturated heterocycles. The van der Waals surface area contributed by atoms with Crippen LogP contribution in [-0.2, 0) is 0 Å². The SMILES string of the molecule is CSC(=Nc1cc(C)ccc1C#N)NC#N. The van der Waals surface area contributed by atoms with Crippen LogP contribution in [0.4, 0.5) is 5.69 Å². The highest BCUT2D eigenvalue weighted by atomic mass is 32.2. The summed E-state index contributed by atoms with van der Waals surface area (Å²) in [4.78, 5) is 4.22. The second-order valence-corrected chi connectivity index (χ2v) is 3.79. The molecule has 0 atom stereocenters. The number of rotatable bonds is 1. The van der Waals surface area contributed by atoms with Crippen LogP contribution in [0.15, 0.2) is 23.2 Å². The predicted molar refractivity (Wildman–Crippen MR) is 65.3 cm³/mol. The molecule has 1 aromatic carbocycles. The summed E-state index contributed by atoms with van der Waals surface area (Å²) in [5.41, 5.74) is 2.10. The molecule has 0 aliphatic carbocycles. The first-order valence-electron chi connectivity index (χ1n) is 4.49. The quantitative estimate of drug-likeness (QED) is 0.348. The third-order valence-electron chi connectivity index (χ3n) is 1.85. The lowest BCUT2D eigenvalue weighted by Gasteiger charge is -2.02. The lowest BCUT2D eigenvalue weighted by molar-refractivity contribution is 1.27. The van der Waals surface area contributed by atoms with E-state index < -0.39 is 0 Å². The van der Waals surface area contributed by atoms with E-state index in [1.807, 2.05) is 25.3 Å². The Morgan fingerprint density at radius 1 is 1.44 bits per heavy atom. The number of aryl methyl sites for hydroxylation is 1. The third kappa shape index (κ3) is 3.01. The van der Waals surface area contributed by atoms with E-state index in [9.17, 15) is 0 Å². The van der Waals surface area contributed by atoms with E-state index in [1.54, 1.807) is 12.3 Å². The van der Waals surface area contributed by atoms with Crippen LogP contribution in [0.5, 0.6) is 0 Å². The van der Waals surface area contributed by atoms with Crippen LogP contribution < -0.4 is 5.32 Å². The maximum atomic E-state index is 8.91. The molecule has 1 N–H and O–H groups in total. The van der Waals surface area contributed by atoms with Crippen LogP contribution in [0, 0.1) is 29.7 Å². The normalized spacial score (nSPS) is 10.4. The van der Waals surface area contributed by atoms with Crippen LogP contribution in [0.25, 0.3) is 0 Å². The minimum atomic E-state index is 0.476. The van der Waals surface area contributed by atoms with Crippen molar-refractivity contribution in [1.29, 1.82) is 10.5 Å². The van der Waals surface area contributed by atoms with E-state index in [0.717, 1.165) is 5.56 Å². The molecule has 0 saturated carbocycles. The van der Waals surface area contributed by atoms with Gasteiger partial charge in [-0.15, -0.1) is 0 Å². The van der Waals surface area contributed by atoms with Crippen molar-refractivity contribution in [1.82, 2.24) is 5.32 Å². The van der Waals surface area contributed by atoms with Gasteiger partial charge in [-0.1, -0.05) is 17.8 Å². The molecular formula is C11H10N4S. The summed E-state index contributed by atoms with van der Waals surface area (Å²) in [6, 6.07) is 7.46. The molecule has 1 aromatic rings. The average Bonchev–Trinajstić information content (AvgIpc) is 2.29. The minimum absolute atomic E-state index is 0.476. The molecule has 0 aliphatic rings. The standard InChI is InChI=1S/C11H10N4S/c1-8-3-4-9(6-12)10(5-8)15-11(16-2)14-7-13/h3-5H,1-2H3,(H,14,15). The molecule has 16 heavy (non-hydrogen) atoms. The zero-order chi connectivity index (χ0) is 12.0. The van der Waals surface area contributed by atoms with Gasteiger partial charge >= 0.3 is 0 Å². The fraction of sp³-hybridized carbons (Fsp3) is 0.182. The van der Waals surface area contributed by atoms with Crippen LogP contribution in [0.2, 0.25) is 0 Å². The lowest BCUT2D eigenvalue weighted by atomic mass is 10.1. The highest BCUT2D eigenvalue weighted by Crippen LogP contribution is 2.21. The first kappa shape index (κ1) is 12.1. The van der Waals surface area contributed by atoms with Gasteiger partial charge < -0.3 is 0 Å². The van der Waals surface area contributed by atoms with Crippen LogP contribution >= 0.6 is 11.8 Å². The molecule has 0 aromatic heterocycles. The van der Waals surface area contributed by atoms with Gasteiger partial charge in [-0.05, 0) is 30.9 Å². The number of nitriles is 2. The number of nitrogens with zero attached hydrogens (tertiary/aromatic N) is 3. The summed E-state index contributed by atoms with van der Waals surface area (Å²) in [6.45, 7) is 1.93. The van der Waals surface area contributed by atoms with Gasteiger partial charge in [0.2, 0.25) is 0 Å². The van der Waals surface area contributed by atoms with Crippen molar-refractivity contribution < 1.29 is 0 Å². The second-order valence-electron chi connectivity index (χ2n) is 2.99. The summed E-state index contributed by atoms with van der Waals surface area (Å²) < 4.78 is 0. The number of benzene rings is 1. The van der Waals surface area contributed by atoms with E-state index >= 15 is 0 Å². The Hall–Kier alpha value is -1.98. The Kier molecular flexibility index (Phi) is 4.38. The van der Waals surface area contributed by atoms with E-state index in [4.69, 9.17) is 10.5 Å². The van der Waals surface area contributed by atoms with Gasteiger partial charge in [-0.3, -0.25) is 5.32 Å². The van der Waals surface area contributed by atoms with Crippen molar-refractivity contribution in [3.8, 4) is 12.3 Å². The van der Waals surface area contributed by atoms with Crippen LogP contribution in [0.1, 0.15) is 11.1 Å². The van der Waals surface area contributed by atoms with Crippen molar-refractivity contribution >= 4 is 22.6 Å². The smallest absolute Gasteiger partial charge is 0.183 e. The van der Waals surface area contributed by atoms with Crippen molar-refractivity contribution in [2.24, 2.45) is 4.99 Å². The van der Waals surface area contributed by atoms with Crippen molar-refractivity contribution in [2.45, 2.75) is 6.92 Å².